The van der Waals surface area contributed by atoms with Gasteiger partial charge in [-0.2, -0.15) is 0 Å². The summed E-state index contributed by atoms with van der Waals surface area (Å²) in [6.07, 6.45) is 1.64. The van der Waals surface area contributed by atoms with Crippen LogP contribution in [0.25, 0.3) is 0 Å². The van der Waals surface area contributed by atoms with E-state index in [1.54, 1.807) is 18.3 Å². The van der Waals surface area contributed by atoms with Crippen LogP contribution in [-0.4, -0.2) is 4.98 Å². The topological polar surface area (TPSA) is 30.0 Å². The van der Waals surface area contributed by atoms with Gasteiger partial charge in [-0.05, 0) is 12.1 Å². The molecule has 0 radical (unpaired) electrons. The first-order valence-corrected chi connectivity index (χ1v) is 3.34. The second kappa shape index (κ2) is 2.63. The maximum absolute atomic E-state index is 10.2. The molecule has 1 aromatic rings. The van der Waals surface area contributed by atoms with Crippen LogP contribution in [0.1, 0.15) is 0 Å². The molecule has 1 rings (SSSR count). The highest BCUT2D eigenvalue weighted by molar-refractivity contribution is 7.33. The second-order valence-electron chi connectivity index (χ2n) is 1.37. The highest BCUT2D eigenvalue weighted by Gasteiger charge is 1.80. The summed E-state index contributed by atoms with van der Waals surface area (Å²) in [7, 11) is -0.850. The Morgan fingerprint density at radius 3 is 2.75 bits per heavy atom. The molecule has 1 atom stereocenters. The number of nitrogens with zero attached hydrogens (tertiary/aromatic N) is 1. The van der Waals surface area contributed by atoms with E-state index in [2.05, 4.69) is 4.98 Å². The quantitative estimate of drug-likeness (QED) is 0.513. The number of aromatic nitrogens is 1. The van der Waals surface area contributed by atoms with Gasteiger partial charge in [0, 0.05) is 6.20 Å². The zero-order chi connectivity index (χ0) is 5.82. The lowest BCUT2D eigenvalue weighted by Gasteiger charge is -1.82. The molecule has 0 bridgehead atoms. The van der Waals surface area contributed by atoms with E-state index in [1.807, 2.05) is 6.07 Å². The van der Waals surface area contributed by atoms with Gasteiger partial charge in [0.15, 0.2) is 0 Å². The minimum Gasteiger partial charge on any atom is -0.324 e. The van der Waals surface area contributed by atoms with Crippen LogP contribution < -0.4 is 5.44 Å². The van der Waals surface area contributed by atoms with Crippen LogP contribution in [0.3, 0.4) is 0 Å². The molecule has 8 heavy (non-hydrogen) atoms. The predicted molar refractivity (Wildman–Crippen MR) is 34.3 cm³/mol. The van der Waals surface area contributed by atoms with Gasteiger partial charge in [0.1, 0.15) is 8.46 Å². The molecule has 1 unspecified atom stereocenters. The minimum absolute atomic E-state index is 0.688. The van der Waals surface area contributed by atoms with E-state index in [4.69, 9.17) is 0 Å². The lowest BCUT2D eigenvalue weighted by molar-refractivity contribution is 0.602. The first-order valence-electron chi connectivity index (χ1n) is 2.29. The van der Waals surface area contributed by atoms with Crippen molar-refractivity contribution >= 4 is 13.9 Å². The second-order valence-corrected chi connectivity index (χ2v) is 2.20. The molecule has 0 aromatic carbocycles. The van der Waals surface area contributed by atoms with Crippen LogP contribution in [0.5, 0.6) is 0 Å². The molecular weight excluding hydrogens is 121 g/mol. The average molecular weight is 127 g/mol. The zero-order valence-electron chi connectivity index (χ0n) is 4.24. The van der Waals surface area contributed by atoms with Gasteiger partial charge in [0.2, 0.25) is 0 Å². The van der Waals surface area contributed by atoms with E-state index >= 15 is 0 Å². The molecule has 0 fully saturated rings. The summed E-state index contributed by atoms with van der Waals surface area (Å²) in [5.41, 5.74) is 0.688. The third-order valence-electron chi connectivity index (χ3n) is 0.809. The van der Waals surface area contributed by atoms with Crippen molar-refractivity contribution in [3.8, 4) is 0 Å². The van der Waals surface area contributed by atoms with Crippen molar-refractivity contribution in [2.45, 2.75) is 0 Å². The maximum atomic E-state index is 10.2. The van der Waals surface area contributed by atoms with Crippen molar-refractivity contribution in [1.29, 1.82) is 0 Å². The van der Waals surface area contributed by atoms with Crippen molar-refractivity contribution < 1.29 is 4.57 Å². The Kier molecular flexibility index (Phi) is 1.81. The molecule has 3 heteroatoms. The highest BCUT2D eigenvalue weighted by Crippen LogP contribution is 1.88. The number of rotatable bonds is 1. The molecule has 42 valence electrons. The largest absolute Gasteiger partial charge is 0.324 e. The molecule has 1 heterocycles. The normalized spacial score (nSPS) is 10.5. The van der Waals surface area contributed by atoms with Gasteiger partial charge in [-0.25, -0.2) is 0 Å². The molecule has 0 amide bonds. The lowest BCUT2D eigenvalue weighted by atomic mass is 10.5. The van der Waals surface area contributed by atoms with E-state index in [0.717, 1.165) is 0 Å². The summed E-state index contributed by atoms with van der Waals surface area (Å²) in [6.45, 7) is 0. The van der Waals surface area contributed by atoms with E-state index < -0.39 is 8.46 Å². The molecule has 0 N–H and O–H groups in total. The molecular formula is C5H6NOP. The Balaban J connectivity index is 2.99. The Hall–Kier alpha value is -0.620. The van der Waals surface area contributed by atoms with Crippen molar-refractivity contribution in [2.75, 3.05) is 0 Å². The summed E-state index contributed by atoms with van der Waals surface area (Å²) in [4.78, 5) is 3.82. The summed E-state index contributed by atoms with van der Waals surface area (Å²) in [6, 6.07) is 5.38. The van der Waals surface area contributed by atoms with Gasteiger partial charge in [0.05, 0.1) is 5.44 Å². The van der Waals surface area contributed by atoms with Crippen molar-refractivity contribution in [1.82, 2.24) is 4.98 Å². The molecule has 0 saturated carbocycles. The van der Waals surface area contributed by atoms with Gasteiger partial charge in [-0.15, -0.1) is 0 Å². The predicted octanol–water partition coefficient (Wildman–Crippen LogP) is 0.463. The number of pyridine rings is 1. The van der Waals surface area contributed by atoms with E-state index in [1.165, 1.54) is 0 Å². The molecule has 2 nitrogen and oxygen atoms in total. The standard InChI is InChI=1S/C5H6NOP/c7-8-5-3-1-2-4-6-5/h1-4H,8H2. The van der Waals surface area contributed by atoms with Crippen molar-refractivity contribution in [3.63, 3.8) is 0 Å². The van der Waals surface area contributed by atoms with E-state index in [9.17, 15) is 4.57 Å². The fourth-order valence-corrected chi connectivity index (χ4v) is 0.782. The Morgan fingerprint density at radius 1 is 1.50 bits per heavy atom. The Bertz CT molecular complexity index is 175. The molecule has 0 saturated heterocycles. The first-order chi connectivity index (χ1) is 3.93. The Morgan fingerprint density at radius 2 is 2.38 bits per heavy atom. The minimum atomic E-state index is -0.850. The van der Waals surface area contributed by atoms with Gasteiger partial charge < -0.3 is 4.57 Å². The smallest absolute Gasteiger partial charge is 0.110 e. The highest BCUT2D eigenvalue weighted by atomic mass is 31.1. The molecule has 0 aliphatic rings. The van der Waals surface area contributed by atoms with E-state index in [-0.39, 0.29) is 0 Å². The van der Waals surface area contributed by atoms with Crippen LogP contribution in [0, 0.1) is 0 Å². The lowest BCUT2D eigenvalue weighted by Crippen LogP contribution is -1.93. The van der Waals surface area contributed by atoms with Gasteiger partial charge in [0.25, 0.3) is 0 Å². The SMILES string of the molecule is O=[PH2]c1ccccn1. The van der Waals surface area contributed by atoms with Gasteiger partial charge in [-0.1, -0.05) is 6.07 Å². The fraction of sp³-hybridized carbons (Fsp3) is 0. The van der Waals surface area contributed by atoms with Crippen LogP contribution in [0.4, 0.5) is 0 Å². The van der Waals surface area contributed by atoms with Crippen LogP contribution in [-0.2, 0) is 4.57 Å². The van der Waals surface area contributed by atoms with Crippen LogP contribution >= 0.6 is 8.46 Å². The zero-order valence-corrected chi connectivity index (χ0v) is 5.40. The van der Waals surface area contributed by atoms with Crippen LogP contribution in [0.2, 0.25) is 0 Å². The summed E-state index contributed by atoms with van der Waals surface area (Å²) >= 11 is 0. The molecule has 0 aliphatic carbocycles. The summed E-state index contributed by atoms with van der Waals surface area (Å²) < 4.78 is 10.2. The fourth-order valence-electron chi connectivity index (χ4n) is 0.446. The van der Waals surface area contributed by atoms with Gasteiger partial charge in [-0.3, -0.25) is 4.98 Å². The third-order valence-corrected chi connectivity index (χ3v) is 1.39. The average Bonchev–Trinajstić information content (AvgIpc) is 1.90. The van der Waals surface area contributed by atoms with Gasteiger partial charge >= 0.3 is 0 Å². The maximum Gasteiger partial charge on any atom is 0.110 e. The summed E-state index contributed by atoms with van der Waals surface area (Å²) in [5.74, 6) is 0. The number of hydrogen-bond acceptors (Lipinski definition) is 2. The van der Waals surface area contributed by atoms with E-state index in [0.29, 0.717) is 5.44 Å². The third kappa shape index (κ3) is 1.17. The van der Waals surface area contributed by atoms with Crippen molar-refractivity contribution in [3.05, 3.63) is 24.4 Å². The molecule has 1 aromatic heterocycles. The number of hydrogen-bond donors (Lipinski definition) is 0. The molecule has 0 spiro atoms. The molecule has 0 aliphatic heterocycles. The Labute approximate surface area is 48.8 Å². The monoisotopic (exact) mass is 127 g/mol. The van der Waals surface area contributed by atoms with Crippen molar-refractivity contribution in [2.24, 2.45) is 0 Å². The first kappa shape index (κ1) is 5.52. The summed E-state index contributed by atoms with van der Waals surface area (Å²) in [5, 5.41) is 0. The van der Waals surface area contributed by atoms with Crippen LogP contribution in [0.15, 0.2) is 24.4 Å².